The van der Waals surface area contributed by atoms with Gasteiger partial charge < -0.3 is 20.8 Å². The summed E-state index contributed by atoms with van der Waals surface area (Å²) in [5.41, 5.74) is 0.294. The third-order valence-corrected chi connectivity index (χ3v) is 5.44. The van der Waals surface area contributed by atoms with Crippen molar-refractivity contribution in [3.05, 3.63) is 23.2 Å². The van der Waals surface area contributed by atoms with E-state index < -0.39 is 22.0 Å². The van der Waals surface area contributed by atoms with Gasteiger partial charge in [-0.2, -0.15) is 0 Å². The topological polar surface area (TPSA) is 153 Å². The summed E-state index contributed by atoms with van der Waals surface area (Å²) in [6.45, 7) is 0.186. The summed E-state index contributed by atoms with van der Waals surface area (Å²) in [5.74, 6) is -3.90. The number of carbonyl (C=O) groups is 3. The lowest BCUT2D eigenvalue weighted by Crippen LogP contribution is -2.29. The zero-order valence-corrected chi connectivity index (χ0v) is 16.2. The first-order valence-corrected chi connectivity index (χ1v) is 9.48. The molecule has 1 fully saturated rings. The fourth-order valence-corrected chi connectivity index (χ4v) is 2.78. The molecule has 0 saturated heterocycles. The molecule has 1 amide bonds. The second-order valence-electron chi connectivity index (χ2n) is 5.74. The van der Waals surface area contributed by atoms with E-state index in [1.165, 1.54) is 32.3 Å². The van der Waals surface area contributed by atoms with Crippen molar-refractivity contribution < 1.29 is 33.0 Å². The number of carbonyl (C=O) groups excluding carboxylic acids is 1. The van der Waals surface area contributed by atoms with Gasteiger partial charge in [0.05, 0.1) is 22.2 Å². The van der Waals surface area contributed by atoms with E-state index in [2.05, 4.69) is 10.6 Å². The predicted molar refractivity (Wildman–Crippen MR) is 97.3 cm³/mol. The number of carboxylic acids is 2. The molecule has 1 aliphatic carbocycles. The standard InChI is InChI=1S/C13H18ClN3O3S.C2H2O4/c1-17(2)21(19,20)10-5-6-11(14)12(7-10)16-13(18)8-15-9-3-4-9;3-1(4)2(5)6/h5-7,9,15H,3-4,8H2,1-2H3,(H,16,18);(H,3,4)(H,5,6). The first-order valence-electron chi connectivity index (χ1n) is 7.66. The van der Waals surface area contributed by atoms with Crippen LogP contribution < -0.4 is 10.6 Å². The molecule has 27 heavy (non-hydrogen) atoms. The maximum atomic E-state index is 12.1. The zero-order valence-electron chi connectivity index (χ0n) is 14.6. The number of amides is 1. The van der Waals surface area contributed by atoms with Crippen molar-refractivity contribution in [1.82, 2.24) is 9.62 Å². The number of nitrogens with one attached hydrogen (secondary N) is 2. The molecule has 4 N–H and O–H groups in total. The molecule has 0 aromatic heterocycles. The summed E-state index contributed by atoms with van der Waals surface area (Å²) in [7, 11) is -0.668. The summed E-state index contributed by atoms with van der Waals surface area (Å²) < 4.78 is 25.2. The summed E-state index contributed by atoms with van der Waals surface area (Å²) >= 11 is 6.00. The highest BCUT2D eigenvalue weighted by atomic mass is 35.5. The molecule has 10 nitrogen and oxygen atoms in total. The molecular formula is C15H20ClN3O7S. The van der Waals surface area contributed by atoms with Crippen molar-refractivity contribution >= 4 is 45.2 Å². The van der Waals surface area contributed by atoms with E-state index in [1.807, 2.05) is 0 Å². The Kier molecular flexibility index (Phi) is 8.16. The lowest BCUT2D eigenvalue weighted by atomic mass is 10.3. The molecule has 0 atom stereocenters. The summed E-state index contributed by atoms with van der Waals surface area (Å²) in [4.78, 5) is 30.1. The van der Waals surface area contributed by atoms with E-state index in [0.29, 0.717) is 16.8 Å². The van der Waals surface area contributed by atoms with Crippen LogP contribution >= 0.6 is 11.6 Å². The number of hydrogen-bond acceptors (Lipinski definition) is 6. The third-order valence-electron chi connectivity index (χ3n) is 3.30. The first kappa shape index (κ1) is 22.8. The average Bonchev–Trinajstić information content (AvgIpc) is 3.39. The van der Waals surface area contributed by atoms with Gasteiger partial charge in [0.15, 0.2) is 0 Å². The van der Waals surface area contributed by atoms with Gasteiger partial charge in [-0.15, -0.1) is 0 Å². The zero-order chi connectivity index (χ0) is 20.8. The fourth-order valence-electron chi connectivity index (χ4n) is 1.69. The van der Waals surface area contributed by atoms with Crippen LogP contribution in [0.4, 0.5) is 5.69 Å². The minimum absolute atomic E-state index is 0.0855. The summed E-state index contributed by atoms with van der Waals surface area (Å²) in [5, 5.41) is 20.8. The predicted octanol–water partition coefficient (Wildman–Crippen LogP) is 0.436. The van der Waals surface area contributed by atoms with E-state index in [-0.39, 0.29) is 17.3 Å². The Bertz CT molecular complexity index is 811. The molecule has 1 saturated carbocycles. The number of rotatable bonds is 6. The Morgan fingerprint density at radius 1 is 1.19 bits per heavy atom. The lowest BCUT2D eigenvalue weighted by Gasteiger charge is -2.14. The van der Waals surface area contributed by atoms with Crippen LogP contribution in [-0.4, -0.2) is 67.5 Å². The van der Waals surface area contributed by atoms with E-state index in [9.17, 15) is 13.2 Å². The Morgan fingerprint density at radius 2 is 1.74 bits per heavy atom. The molecule has 150 valence electrons. The largest absolute Gasteiger partial charge is 0.473 e. The van der Waals surface area contributed by atoms with Crippen LogP contribution in [0.2, 0.25) is 5.02 Å². The van der Waals surface area contributed by atoms with Crippen molar-refractivity contribution in [3.8, 4) is 0 Å². The molecule has 12 heteroatoms. The van der Waals surface area contributed by atoms with E-state index in [0.717, 1.165) is 17.1 Å². The number of halogens is 1. The van der Waals surface area contributed by atoms with Crippen LogP contribution in [0.25, 0.3) is 0 Å². The number of aliphatic carboxylic acids is 2. The van der Waals surface area contributed by atoms with Crippen molar-refractivity contribution in [3.63, 3.8) is 0 Å². The molecule has 0 aliphatic heterocycles. The smallest absolute Gasteiger partial charge is 0.414 e. The quantitative estimate of drug-likeness (QED) is 0.482. The van der Waals surface area contributed by atoms with Gasteiger partial charge in [0, 0.05) is 20.1 Å². The molecule has 0 bridgehead atoms. The maximum Gasteiger partial charge on any atom is 0.414 e. The number of hydrogen-bond donors (Lipinski definition) is 4. The molecule has 1 aliphatic rings. The van der Waals surface area contributed by atoms with Crippen LogP contribution in [-0.2, 0) is 24.4 Å². The van der Waals surface area contributed by atoms with Crippen molar-refractivity contribution in [1.29, 1.82) is 0 Å². The minimum atomic E-state index is -3.56. The number of anilines is 1. The fraction of sp³-hybridized carbons (Fsp3) is 0.400. The number of carboxylic acid groups (broad SMARTS) is 2. The maximum absolute atomic E-state index is 12.1. The molecule has 1 aromatic rings. The number of nitrogens with zero attached hydrogens (tertiary/aromatic N) is 1. The van der Waals surface area contributed by atoms with Crippen molar-refractivity contribution in [2.75, 3.05) is 26.0 Å². The van der Waals surface area contributed by atoms with Gasteiger partial charge in [0.2, 0.25) is 15.9 Å². The molecule has 0 spiro atoms. The van der Waals surface area contributed by atoms with Crippen molar-refractivity contribution in [2.24, 2.45) is 0 Å². The summed E-state index contributed by atoms with van der Waals surface area (Å²) in [6.07, 6.45) is 2.18. The van der Waals surface area contributed by atoms with E-state index in [1.54, 1.807) is 0 Å². The Morgan fingerprint density at radius 3 is 2.19 bits per heavy atom. The van der Waals surface area contributed by atoms with Gasteiger partial charge in [0.1, 0.15) is 0 Å². The van der Waals surface area contributed by atoms with Crippen LogP contribution in [0.15, 0.2) is 23.1 Å². The monoisotopic (exact) mass is 421 g/mol. The van der Waals surface area contributed by atoms with Crippen LogP contribution in [0.3, 0.4) is 0 Å². The van der Waals surface area contributed by atoms with Crippen molar-refractivity contribution in [2.45, 2.75) is 23.8 Å². The van der Waals surface area contributed by atoms with Gasteiger partial charge in [0.25, 0.3) is 0 Å². The van der Waals surface area contributed by atoms with Gasteiger partial charge in [-0.1, -0.05) is 11.6 Å². The SMILES string of the molecule is CN(C)S(=O)(=O)c1ccc(Cl)c(NC(=O)CNC2CC2)c1.O=C(O)C(=O)O. The number of benzene rings is 1. The minimum Gasteiger partial charge on any atom is -0.473 e. The summed E-state index contributed by atoms with van der Waals surface area (Å²) in [6, 6.07) is 4.66. The Balaban J connectivity index is 0.000000527. The molecule has 0 heterocycles. The molecule has 1 aromatic carbocycles. The highest BCUT2D eigenvalue weighted by Crippen LogP contribution is 2.26. The van der Waals surface area contributed by atoms with Crippen LogP contribution in [0.1, 0.15) is 12.8 Å². The molecule has 0 radical (unpaired) electrons. The highest BCUT2D eigenvalue weighted by Gasteiger charge is 2.22. The Hall–Kier alpha value is -2.21. The van der Waals surface area contributed by atoms with Gasteiger partial charge in [-0.3, -0.25) is 4.79 Å². The van der Waals surface area contributed by atoms with Crippen LogP contribution in [0.5, 0.6) is 0 Å². The first-order chi connectivity index (χ1) is 12.4. The van der Waals surface area contributed by atoms with Gasteiger partial charge >= 0.3 is 11.9 Å². The normalized spacial score (nSPS) is 13.5. The molecule has 2 rings (SSSR count). The van der Waals surface area contributed by atoms with Crippen LogP contribution in [0, 0.1) is 0 Å². The second-order valence-corrected chi connectivity index (χ2v) is 8.30. The Labute approximate surface area is 161 Å². The number of sulfonamides is 1. The van der Waals surface area contributed by atoms with Gasteiger partial charge in [-0.25, -0.2) is 22.3 Å². The average molecular weight is 422 g/mol. The van der Waals surface area contributed by atoms with Gasteiger partial charge in [-0.05, 0) is 31.0 Å². The third kappa shape index (κ3) is 7.51. The van der Waals surface area contributed by atoms with E-state index >= 15 is 0 Å². The highest BCUT2D eigenvalue weighted by molar-refractivity contribution is 7.89. The van der Waals surface area contributed by atoms with E-state index in [4.69, 9.17) is 31.4 Å². The lowest BCUT2D eigenvalue weighted by molar-refractivity contribution is -0.159. The molecule has 0 unspecified atom stereocenters. The second kappa shape index (κ2) is 9.65. The molecular weight excluding hydrogens is 402 g/mol.